The predicted molar refractivity (Wildman–Crippen MR) is 61.7 cm³/mol. The predicted octanol–water partition coefficient (Wildman–Crippen LogP) is 2.67. The molecular weight excluding hydrogens is 224 g/mol. The highest BCUT2D eigenvalue weighted by Gasteiger charge is 2.09. The van der Waals surface area contributed by atoms with Crippen LogP contribution in [-0.2, 0) is 0 Å². The Morgan fingerprint density at radius 1 is 1.19 bits per heavy atom. The smallest absolute Gasteiger partial charge is 0.196 e. The van der Waals surface area contributed by atoms with Gasteiger partial charge in [0.15, 0.2) is 5.78 Å². The molecule has 0 saturated heterocycles. The molecule has 4 heteroatoms. The zero-order chi connectivity index (χ0) is 11.5. The van der Waals surface area contributed by atoms with Gasteiger partial charge in [-0.3, -0.25) is 9.78 Å². The van der Waals surface area contributed by atoms with E-state index in [9.17, 15) is 4.79 Å². The number of ketones is 1. The molecule has 3 nitrogen and oxygen atoms in total. The van der Waals surface area contributed by atoms with Gasteiger partial charge in [-0.1, -0.05) is 11.6 Å². The fourth-order valence-corrected chi connectivity index (χ4v) is 1.47. The number of aryl methyl sites for hydroxylation is 1. The average Bonchev–Trinajstić information content (AvgIpc) is 2.29. The van der Waals surface area contributed by atoms with E-state index in [1.165, 1.54) is 6.20 Å². The van der Waals surface area contributed by atoms with E-state index in [0.29, 0.717) is 16.3 Å². The van der Waals surface area contributed by atoms with E-state index in [2.05, 4.69) is 9.97 Å². The van der Waals surface area contributed by atoms with Gasteiger partial charge in [-0.15, -0.1) is 0 Å². The topological polar surface area (TPSA) is 42.9 Å². The van der Waals surface area contributed by atoms with Crippen molar-refractivity contribution < 1.29 is 4.79 Å². The van der Waals surface area contributed by atoms with Crippen molar-refractivity contribution in [2.75, 3.05) is 0 Å². The molecule has 0 bridgehead atoms. The molecule has 2 aromatic rings. The molecule has 80 valence electrons. The summed E-state index contributed by atoms with van der Waals surface area (Å²) >= 11 is 5.65. The van der Waals surface area contributed by atoms with Crippen LogP contribution in [0.3, 0.4) is 0 Å². The molecule has 0 aliphatic carbocycles. The molecule has 0 atom stereocenters. The van der Waals surface area contributed by atoms with Crippen LogP contribution in [0.1, 0.15) is 21.5 Å². The minimum Gasteiger partial charge on any atom is -0.288 e. The largest absolute Gasteiger partial charge is 0.288 e. The van der Waals surface area contributed by atoms with Gasteiger partial charge in [-0.2, -0.15) is 0 Å². The van der Waals surface area contributed by atoms with Crippen LogP contribution in [0.25, 0.3) is 0 Å². The molecule has 0 unspecified atom stereocenters. The number of carbonyl (C=O) groups excluding carboxylic acids is 1. The van der Waals surface area contributed by atoms with Gasteiger partial charge in [0.1, 0.15) is 5.15 Å². The van der Waals surface area contributed by atoms with Gasteiger partial charge >= 0.3 is 0 Å². The fraction of sp³-hybridized carbons (Fsp3) is 0.0833. The summed E-state index contributed by atoms with van der Waals surface area (Å²) in [4.78, 5) is 19.8. The zero-order valence-corrected chi connectivity index (χ0v) is 9.40. The number of aromatic nitrogens is 2. The normalized spacial score (nSPS) is 10.1. The standard InChI is InChI=1S/C12H9ClN2O/c1-8-4-10(6-14-5-8)12(16)9-2-3-11(13)15-7-9/h2-7H,1H3. The van der Waals surface area contributed by atoms with Crippen LogP contribution in [-0.4, -0.2) is 15.8 Å². The van der Waals surface area contributed by atoms with Crippen molar-refractivity contribution in [2.24, 2.45) is 0 Å². The summed E-state index contributed by atoms with van der Waals surface area (Å²) < 4.78 is 0. The Morgan fingerprint density at radius 2 is 2.00 bits per heavy atom. The van der Waals surface area contributed by atoms with E-state index < -0.39 is 0 Å². The highest BCUT2D eigenvalue weighted by molar-refractivity contribution is 6.29. The number of carbonyl (C=O) groups is 1. The summed E-state index contributed by atoms with van der Waals surface area (Å²) in [5, 5.41) is 0.374. The number of pyridine rings is 2. The van der Waals surface area contributed by atoms with Gasteiger partial charge in [0.05, 0.1) is 0 Å². The van der Waals surface area contributed by atoms with E-state index >= 15 is 0 Å². The Balaban J connectivity index is 2.35. The number of halogens is 1. The van der Waals surface area contributed by atoms with Crippen LogP contribution in [0.5, 0.6) is 0 Å². The third-order valence-electron chi connectivity index (χ3n) is 2.13. The van der Waals surface area contributed by atoms with Crippen LogP contribution < -0.4 is 0 Å². The van der Waals surface area contributed by atoms with Crippen LogP contribution in [0.2, 0.25) is 5.15 Å². The van der Waals surface area contributed by atoms with Crippen molar-refractivity contribution in [3.05, 3.63) is 58.6 Å². The number of hydrogen-bond acceptors (Lipinski definition) is 3. The van der Waals surface area contributed by atoms with Gasteiger partial charge in [-0.05, 0) is 30.7 Å². The number of rotatable bonds is 2. The monoisotopic (exact) mass is 232 g/mol. The maximum Gasteiger partial charge on any atom is 0.196 e. The summed E-state index contributed by atoms with van der Waals surface area (Å²) in [7, 11) is 0. The molecule has 2 rings (SSSR count). The Kier molecular flexibility index (Phi) is 2.97. The summed E-state index contributed by atoms with van der Waals surface area (Å²) in [6, 6.07) is 5.04. The summed E-state index contributed by atoms with van der Waals surface area (Å²) in [5.41, 5.74) is 2.02. The van der Waals surface area contributed by atoms with E-state index in [1.807, 2.05) is 6.92 Å². The van der Waals surface area contributed by atoms with Gasteiger partial charge in [0, 0.05) is 29.7 Å². The molecule has 0 aliphatic rings. The lowest BCUT2D eigenvalue weighted by molar-refractivity contribution is 0.103. The third-order valence-corrected chi connectivity index (χ3v) is 2.35. The van der Waals surface area contributed by atoms with E-state index in [0.717, 1.165) is 5.56 Å². The zero-order valence-electron chi connectivity index (χ0n) is 8.64. The molecule has 2 aromatic heterocycles. The van der Waals surface area contributed by atoms with Crippen molar-refractivity contribution in [1.29, 1.82) is 0 Å². The van der Waals surface area contributed by atoms with Gasteiger partial charge < -0.3 is 0 Å². The summed E-state index contributed by atoms with van der Waals surface area (Å²) in [6.45, 7) is 1.89. The van der Waals surface area contributed by atoms with Crippen LogP contribution in [0.4, 0.5) is 0 Å². The van der Waals surface area contributed by atoms with Crippen molar-refractivity contribution in [1.82, 2.24) is 9.97 Å². The van der Waals surface area contributed by atoms with Gasteiger partial charge in [0.2, 0.25) is 0 Å². The molecule has 0 saturated carbocycles. The SMILES string of the molecule is Cc1cncc(C(=O)c2ccc(Cl)nc2)c1. The minimum absolute atomic E-state index is 0.0969. The first-order chi connectivity index (χ1) is 7.66. The fourth-order valence-electron chi connectivity index (χ4n) is 1.36. The Bertz CT molecular complexity index is 523. The first-order valence-electron chi connectivity index (χ1n) is 4.75. The number of nitrogens with zero attached hydrogens (tertiary/aromatic N) is 2. The Hall–Kier alpha value is -1.74. The molecule has 0 aromatic carbocycles. The summed E-state index contributed by atoms with van der Waals surface area (Å²) in [6.07, 6.45) is 4.72. The molecule has 0 fully saturated rings. The van der Waals surface area contributed by atoms with Crippen molar-refractivity contribution in [3.8, 4) is 0 Å². The minimum atomic E-state index is -0.0969. The Morgan fingerprint density at radius 3 is 2.62 bits per heavy atom. The van der Waals surface area contributed by atoms with E-state index in [1.54, 1.807) is 30.6 Å². The van der Waals surface area contributed by atoms with Crippen molar-refractivity contribution in [3.63, 3.8) is 0 Å². The second kappa shape index (κ2) is 4.41. The Labute approximate surface area is 98.1 Å². The first kappa shape index (κ1) is 10.8. The molecule has 0 radical (unpaired) electrons. The van der Waals surface area contributed by atoms with Crippen LogP contribution in [0, 0.1) is 6.92 Å². The van der Waals surface area contributed by atoms with E-state index in [-0.39, 0.29) is 5.78 Å². The lowest BCUT2D eigenvalue weighted by Crippen LogP contribution is -2.02. The van der Waals surface area contributed by atoms with Gasteiger partial charge in [0.25, 0.3) is 0 Å². The van der Waals surface area contributed by atoms with Crippen molar-refractivity contribution >= 4 is 17.4 Å². The lowest BCUT2D eigenvalue weighted by Gasteiger charge is -2.01. The highest BCUT2D eigenvalue weighted by Crippen LogP contribution is 2.11. The van der Waals surface area contributed by atoms with Crippen LogP contribution in [0.15, 0.2) is 36.8 Å². The maximum atomic E-state index is 12.0. The van der Waals surface area contributed by atoms with Crippen molar-refractivity contribution in [2.45, 2.75) is 6.92 Å². The molecule has 0 amide bonds. The number of hydrogen-bond donors (Lipinski definition) is 0. The third kappa shape index (κ3) is 2.25. The molecule has 0 N–H and O–H groups in total. The average molecular weight is 233 g/mol. The molecule has 16 heavy (non-hydrogen) atoms. The molecule has 0 spiro atoms. The first-order valence-corrected chi connectivity index (χ1v) is 5.12. The van der Waals surface area contributed by atoms with Gasteiger partial charge in [-0.25, -0.2) is 4.98 Å². The highest BCUT2D eigenvalue weighted by atomic mass is 35.5. The molecular formula is C12H9ClN2O. The quantitative estimate of drug-likeness (QED) is 0.591. The molecule has 2 heterocycles. The summed E-state index contributed by atoms with van der Waals surface area (Å²) in [5.74, 6) is -0.0969. The lowest BCUT2D eigenvalue weighted by atomic mass is 10.1. The second-order valence-corrected chi connectivity index (χ2v) is 3.84. The molecule has 0 aliphatic heterocycles. The maximum absolute atomic E-state index is 12.0. The van der Waals surface area contributed by atoms with E-state index in [4.69, 9.17) is 11.6 Å². The van der Waals surface area contributed by atoms with Crippen LogP contribution >= 0.6 is 11.6 Å². The second-order valence-electron chi connectivity index (χ2n) is 3.45.